The molecule has 1 saturated heterocycles. The Morgan fingerprint density at radius 3 is 2.81 bits per heavy atom. The number of carbonyl (C=O) groups excluding carboxylic acids is 1. The molecule has 21 heavy (non-hydrogen) atoms. The highest BCUT2D eigenvalue weighted by atomic mass is 32.1. The minimum Gasteiger partial charge on any atom is -0.312 e. The number of nitrogens with one attached hydrogen (secondary N) is 1. The van der Waals surface area contributed by atoms with Crippen LogP contribution in [0.2, 0.25) is 0 Å². The third-order valence-electron chi connectivity index (χ3n) is 3.81. The summed E-state index contributed by atoms with van der Waals surface area (Å²) in [5.41, 5.74) is 4.09. The number of aromatic nitrogens is 1. The molecule has 1 aliphatic heterocycles. The first-order valence-electron chi connectivity index (χ1n) is 7.25. The second kappa shape index (κ2) is 6.37. The molecule has 3 rings (SSSR count). The SMILES string of the molecule is CC(NCc1ccc(N2CCCC2=O)cc1)c1cncs1. The normalized spacial score (nSPS) is 16.4. The van der Waals surface area contributed by atoms with Gasteiger partial charge < -0.3 is 10.2 Å². The molecule has 1 atom stereocenters. The summed E-state index contributed by atoms with van der Waals surface area (Å²) >= 11 is 1.67. The van der Waals surface area contributed by atoms with Crippen LogP contribution in [0.25, 0.3) is 0 Å². The zero-order valence-corrected chi connectivity index (χ0v) is 12.9. The van der Waals surface area contributed by atoms with Gasteiger partial charge in [-0.3, -0.25) is 9.78 Å². The van der Waals surface area contributed by atoms with Gasteiger partial charge in [0.25, 0.3) is 0 Å². The Hall–Kier alpha value is -1.72. The van der Waals surface area contributed by atoms with Crippen molar-refractivity contribution >= 4 is 22.9 Å². The molecular weight excluding hydrogens is 282 g/mol. The van der Waals surface area contributed by atoms with E-state index in [0.29, 0.717) is 12.5 Å². The summed E-state index contributed by atoms with van der Waals surface area (Å²) in [6.45, 7) is 3.80. The molecule has 110 valence electrons. The van der Waals surface area contributed by atoms with Crippen LogP contribution in [0.15, 0.2) is 36.0 Å². The number of rotatable bonds is 5. The van der Waals surface area contributed by atoms with E-state index in [-0.39, 0.29) is 5.91 Å². The van der Waals surface area contributed by atoms with Gasteiger partial charge in [0.1, 0.15) is 0 Å². The van der Waals surface area contributed by atoms with Gasteiger partial charge in [0.05, 0.1) is 5.51 Å². The maximum Gasteiger partial charge on any atom is 0.227 e. The lowest BCUT2D eigenvalue weighted by Crippen LogP contribution is -2.23. The van der Waals surface area contributed by atoms with E-state index < -0.39 is 0 Å². The van der Waals surface area contributed by atoms with Crippen molar-refractivity contribution in [2.75, 3.05) is 11.4 Å². The van der Waals surface area contributed by atoms with E-state index in [0.717, 1.165) is 25.2 Å². The molecule has 5 heteroatoms. The molecule has 2 aromatic rings. The molecule has 1 amide bonds. The molecule has 0 saturated carbocycles. The standard InChI is InChI=1S/C16H19N3OS/c1-12(15-10-17-11-21-15)18-9-13-4-6-14(7-5-13)19-8-2-3-16(19)20/h4-7,10-12,18H,2-3,8-9H2,1H3. The van der Waals surface area contributed by atoms with E-state index in [4.69, 9.17) is 0 Å². The van der Waals surface area contributed by atoms with Gasteiger partial charge in [-0.25, -0.2) is 0 Å². The number of thiazole rings is 1. The molecule has 1 N–H and O–H groups in total. The molecule has 0 aliphatic carbocycles. The van der Waals surface area contributed by atoms with Crippen LogP contribution in [0, 0.1) is 0 Å². The van der Waals surface area contributed by atoms with Crippen molar-refractivity contribution in [2.24, 2.45) is 0 Å². The van der Waals surface area contributed by atoms with Crippen LogP contribution in [0.4, 0.5) is 5.69 Å². The summed E-state index contributed by atoms with van der Waals surface area (Å²) < 4.78 is 0. The van der Waals surface area contributed by atoms with Gasteiger partial charge in [-0.05, 0) is 31.0 Å². The van der Waals surface area contributed by atoms with Gasteiger partial charge in [-0.1, -0.05) is 12.1 Å². The summed E-state index contributed by atoms with van der Waals surface area (Å²) in [5, 5.41) is 3.49. The Kier molecular flexibility index (Phi) is 4.31. The zero-order valence-electron chi connectivity index (χ0n) is 12.1. The minimum absolute atomic E-state index is 0.236. The molecule has 1 aromatic carbocycles. The highest BCUT2D eigenvalue weighted by Crippen LogP contribution is 2.22. The van der Waals surface area contributed by atoms with Crippen molar-refractivity contribution in [3.05, 3.63) is 46.4 Å². The Labute approximate surface area is 128 Å². The van der Waals surface area contributed by atoms with E-state index in [1.807, 2.05) is 28.7 Å². The Morgan fingerprint density at radius 2 is 2.19 bits per heavy atom. The fourth-order valence-corrected chi connectivity index (χ4v) is 3.18. The summed E-state index contributed by atoms with van der Waals surface area (Å²) in [6, 6.07) is 8.56. The van der Waals surface area contributed by atoms with Crippen molar-refractivity contribution in [3.8, 4) is 0 Å². The van der Waals surface area contributed by atoms with E-state index in [2.05, 4.69) is 29.4 Å². The average Bonchev–Trinajstić information content (AvgIpc) is 3.17. The number of hydrogen-bond donors (Lipinski definition) is 1. The molecule has 0 spiro atoms. The van der Waals surface area contributed by atoms with E-state index >= 15 is 0 Å². The number of amides is 1. The lowest BCUT2D eigenvalue weighted by atomic mass is 10.2. The molecule has 1 fully saturated rings. The lowest BCUT2D eigenvalue weighted by molar-refractivity contribution is -0.117. The first-order valence-corrected chi connectivity index (χ1v) is 8.13. The Balaban J connectivity index is 1.58. The number of benzene rings is 1. The summed E-state index contributed by atoms with van der Waals surface area (Å²) in [5.74, 6) is 0.236. The second-order valence-corrected chi connectivity index (χ2v) is 6.24. The number of anilines is 1. The summed E-state index contributed by atoms with van der Waals surface area (Å²) in [6.07, 6.45) is 3.55. The maximum absolute atomic E-state index is 11.7. The van der Waals surface area contributed by atoms with Crippen LogP contribution in [0.1, 0.15) is 36.2 Å². The molecular formula is C16H19N3OS. The van der Waals surface area contributed by atoms with E-state index in [1.54, 1.807) is 11.3 Å². The largest absolute Gasteiger partial charge is 0.312 e. The molecule has 2 heterocycles. The van der Waals surface area contributed by atoms with Gasteiger partial charge >= 0.3 is 0 Å². The van der Waals surface area contributed by atoms with Crippen LogP contribution < -0.4 is 10.2 Å². The first-order chi connectivity index (χ1) is 10.2. The third-order valence-corrected chi connectivity index (χ3v) is 4.77. The predicted molar refractivity (Wildman–Crippen MR) is 85.4 cm³/mol. The molecule has 1 aliphatic rings. The molecule has 4 nitrogen and oxygen atoms in total. The first kappa shape index (κ1) is 14.2. The molecule has 0 radical (unpaired) electrons. The molecule has 0 bridgehead atoms. The maximum atomic E-state index is 11.7. The van der Waals surface area contributed by atoms with Gasteiger partial charge in [-0.2, -0.15) is 0 Å². The van der Waals surface area contributed by atoms with Gasteiger partial charge in [0, 0.05) is 42.3 Å². The Morgan fingerprint density at radius 1 is 1.38 bits per heavy atom. The highest BCUT2D eigenvalue weighted by Gasteiger charge is 2.21. The monoisotopic (exact) mass is 301 g/mol. The van der Waals surface area contributed by atoms with E-state index in [1.165, 1.54) is 10.4 Å². The molecule has 1 aromatic heterocycles. The smallest absolute Gasteiger partial charge is 0.227 e. The van der Waals surface area contributed by atoms with Crippen LogP contribution in [-0.2, 0) is 11.3 Å². The fraction of sp³-hybridized carbons (Fsp3) is 0.375. The highest BCUT2D eigenvalue weighted by molar-refractivity contribution is 7.09. The van der Waals surface area contributed by atoms with Crippen LogP contribution >= 0.6 is 11.3 Å². The van der Waals surface area contributed by atoms with Gasteiger partial charge in [0.15, 0.2) is 0 Å². The molecule has 1 unspecified atom stereocenters. The lowest BCUT2D eigenvalue weighted by Gasteiger charge is -2.16. The van der Waals surface area contributed by atoms with Crippen molar-refractivity contribution in [1.82, 2.24) is 10.3 Å². The van der Waals surface area contributed by atoms with Crippen LogP contribution in [0.3, 0.4) is 0 Å². The summed E-state index contributed by atoms with van der Waals surface area (Å²) in [7, 11) is 0. The van der Waals surface area contributed by atoms with Crippen molar-refractivity contribution in [3.63, 3.8) is 0 Å². The fourth-order valence-electron chi connectivity index (χ4n) is 2.53. The van der Waals surface area contributed by atoms with Crippen molar-refractivity contribution in [2.45, 2.75) is 32.4 Å². The van der Waals surface area contributed by atoms with Gasteiger partial charge in [-0.15, -0.1) is 11.3 Å². The average molecular weight is 301 g/mol. The summed E-state index contributed by atoms with van der Waals surface area (Å²) in [4.78, 5) is 18.9. The number of carbonyl (C=O) groups is 1. The number of nitrogens with zero attached hydrogens (tertiary/aromatic N) is 2. The zero-order chi connectivity index (χ0) is 14.7. The van der Waals surface area contributed by atoms with Crippen molar-refractivity contribution in [1.29, 1.82) is 0 Å². The minimum atomic E-state index is 0.236. The van der Waals surface area contributed by atoms with Crippen LogP contribution in [0.5, 0.6) is 0 Å². The Bertz CT molecular complexity index is 594. The van der Waals surface area contributed by atoms with Gasteiger partial charge in [0.2, 0.25) is 5.91 Å². The quantitative estimate of drug-likeness (QED) is 0.923. The third kappa shape index (κ3) is 3.31. The second-order valence-electron chi connectivity index (χ2n) is 5.32. The topological polar surface area (TPSA) is 45.2 Å². The van der Waals surface area contributed by atoms with E-state index in [9.17, 15) is 4.79 Å². The van der Waals surface area contributed by atoms with Crippen molar-refractivity contribution < 1.29 is 4.79 Å². The number of hydrogen-bond acceptors (Lipinski definition) is 4. The predicted octanol–water partition coefficient (Wildman–Crippen LogP) is 3.12. The van der Waals surface area contributed by atoms with Crippen LogP contribution in [-0.4, -0.2) is 17.4 Å².